The minimum absolute atomic E-state index is 0.544. The minimum atomic E-state index is 0.544. The summed E-state index contributed by atoms with van der Waals surface area (Å²) in [5.41, 5.74) is 1.17. The first-order valence-corrected chi connectivity index (χ1v) is 6.30. The van der Waals surface area contributed by atoms with Gasteiger partial charge in [0.25, 0.3) is 0 Å². The average molecular weight is 284 g/mol. The lowest BCUT2D eigenvalue weighted by molar-refractivity contribution is 0.358. The second-order valence-corrected chi connectivity index (χ2v) is 4.44. The fourth-order valence-electron chi connectivity index (χ4n) is 1.38. The lowest BCUT2D eigenvalue weighted by Gasteiger charge is -2.11. The third kappa shape index (κ3) is 4.37. The molecule has 0 heterocycles. The summed E-state index contributed by atoms with van der Waals surface area (Å²) in [6.07, 6.45) is 2.89. The number of benzene rings is 1. The lowest BCUT2D eigenvalue weighted by Crippen LogP contribution is -2.14. The predicted molar refractivity (Wildman–Crippen MR) is 71.8 cm³/mol. The van der Waals surface area contributed by atoms with Gasteiger partial charge in [0.1, 0.15) is 12.4 Å². The van der Waals surface area contributed by atoms with Gasteiger partial charge in [0.15, 0.2) is 0 Å². The van der Waals surface area contributed by atoms with Crippen LogP contribution >= 0.6 is 15.9 Å². The standard InChI is InChI=1S/C13H18BrNO/c1-3-7-15-10-11-9-12(14)5-6-13(11)16-8-4-2/h4-6,9,15H,2-3,7-8,10H2,1H3. The summed E-state index contributed by atoms with van der Waals surface area (Å²) in [5.74, 6) is 0.923. The Kier molecular flexibility index (Phi) is 6.19. The molecule has 1 N–H and O–H groups in total. The Bertz CT molecular complexity index is 339. The summed E-state index contributed by atoms with van der Waals surface area (Å²) >= 11 is 3.47. The van der Waals surface area contributed by atoms with Crippen LogP contribution in [0.5, 0.6) is 5.75 Å². The van der Waals surface area contributed by atoms with Crippen LogP contribution < -0.4 is 10.1 Å². The molecule has 0 spiro atoms. The van der Waals surface area contributed by atoms with E-state index in [0.29, 0.717) is 6.61 Å². The fourth-order valence-corrected chi connectivity index (χ4v) is 1.78. The van der Waals surface area contributed by atoms with Crippen LogP contribution in [-0.4, -0.2) is 13.2 Å². The molecule has 2 nitrogen and oxygen atoms in total. The molecular weight excluding hydrogens is 266 g/mol. The van der Waals surface area contributed by atoms with E-state index in [9.17, 15) is 0 Å². The molecule has 0 radical (unpaired) electrons. The first-order valence-electron chi connectivity index (χ1n) is 5.50. The third-order valence-electron chi connectivity index (χ3n) is 2.12. The molecular formula is C13H18BrNO. The van der Waals surface area contributed by atoms with Crippen LogP contribution in [0.15, 0.2) is 35.3 Å². The van der Waals surface area contributed by atoms with E-state index in [-0.39, 0.29) is 0 Å². The van der Waals surface area contributed by atoms with Crippen molar-refractivity contribution in [3.63, 3.8) is 0 Å². The zero-order valence-corrected chi connectivity index (χ0v) is 11.2. The van der Waals surface area contributed by atoms with Crippen molar-refractivity contribution in [1.82, 2.24) is 5.32 Å². The van der Waals surface area contributed by atoms with Crippen molar-refractivity contribution < 1.29 is 4.74 Å². The number of halogens is 1. The monoisotopic (exact) mass is 283 g/mol. The molecule has 1 aromatic rings. The summed E-state index contributed by atoms with van der Waals surface area (Å²) in [6, 6.07) is 6.05. The van der Waals surface area contributed by atoms with Crippen LogP contribution in [0.1, 0.15) is 18.9 Å². The first kappa shape index (κ1) is 13.3. The van der Waals surface area contributed by atoms with E-state index in [1.165, 1.54) is 5.56 Å². The van der Waals surface area contributed by atoms with Gasteiger partial charge < -0.3 is 10.1 Å². The molecule has 1 rings (SSSR count). The molecule has 0 fully saturated rings. The van der Waals surface area contributed by atoms with Crippen molar-refractivity contribution in [1.29, 1.82) is 0 Å². The molecule has 1 aromatic carbocycles. The van der Waals surface area contributed by atoms with E-state index in [2.05, 4.69) is 40.8 Å². The zero-order chi connectivity index (χ0) is 11.8. The SMILES string of the molecule is C=CCOc1ccc(Br)cc1CNCCC. The minimum Gasteiger partial charge on any atom is -0.489 e. The molecule has 0 saturated carbocycles. The molecule has 0 aromatic heterocycles. The van der Waals surface area contributed by atoms with Crippen LogP contribution in [0, 0.1) is 0 Å². The number of hydrogen-bond donors (Lipinski definition) is 1. The molecule has 0 atom stereocenters. The predicted octanol–water partition coefficient (Wildman–Crippen LogP) is 3.51. The van der Waals surface area contributed by atoms with Crippen LogP contribution in [0.3, 0.4) is 0 Å². The molecule has 0 aliphatic carbocycles. The van der Waals surface area contributed by atoms with Crippen molar-refractivity contribution in [3.05, 3.63) is 40.9 Å². The Hall–Kier alpha value is -0.800. The van der Waals surface area contributed by atoms with Gasteiger partial charge in [-0.25, -0.2) is 0 Å². The Morgan fingerprint density at radius 3 is 3.00 bits per heavy atom. The molecule has 0 bridgehead atoms. The van der Waals surface area contributed by atoms with Gasteiger partial charge in [0.05, 0.1) is 0 Å². The zero-order valence-electron chi connectivity index (χ0n) is 9.63. The maximum atomic E-state index is 5.59. The van der Waals surface area contributed by atoms with Gasteiger partial charge in [-0.2, -0.15) is 0 Å². The molecule has 0 unspecified atom stereocenters. The number of ether oxygens (including phenoxy) is 1. The van der Waals surface area contributed by atoms with Gasteiger partial charge in [0.2, 0.25) is 0 Å². The van der Waals surface area contributed by atoms with Gasteiger partial charge in [-0.15, -0.1) is 0 Å². The average Bonchev–Trinajstić information content (AvgIpc) is 2.28. The molecule has 0 amide bonds. The molecule has 0 saturated heterocycles. The van der Waals surface area contributed by atoms with Crippen molar-refractivity contribution in [2.75, 3.05) is 13.2 Å². The third-order valence-corrected chi connectivity index (χ3v) is 2.61. The summed E-state index contributed by atoms with van der Waals surface area (Å²) in [6.45, 7) is 8.20. The molecule has 0 aliphatic rings. The van der Waals surface area contributed by atoms with Crippen molar-refractivity contribution in [3.8, 4) is 5.75 Å². The van der Waals surface area contributed by atoms with Gasteiger partial charge in [-0.1, -0.05) is 35.5 Å². The molecule has 88 valence electrons. The van der Waals surface area contributed by atoms with E-state index in [0.717, 1.165) is 29.7 Å². The highest BCUT2D eigenvalue weighted by molar-refractivity contribution is 9.10. The molecule has 16 heavy (non-hydrogen) atoms. The van der Waals surface area contributed by atoms with E-state index in [4.69, 9.17) is 4.74 Å². The molecule has 3 heteroatoms. The van der Waals surface area contributed by atoms with Crippen LogP contribution in [-0.2, 0) is 6.54 Å². The van der Waals surface area contributed by atoms with E-state index < -0.39 is 0 Å². The maximum absolute atomic E-state index is 5.59. The van der Waals surface area contributed by atoms with Crippen molar-refractivity contribution in [2.24, 2.45) is 0 Å². The largest absolute Gasteiger partial charge is 0.489 e. The van der Waals surface area contributed by atoms with Crippen LogP contribution in [0.25, 0.3) is 0 Å². The van der Waals surface area contributed by atoms with Gasteiger partial charge >= 0.3 is 0 Å². The van der Waals surface area contributed by atoms with E-state index in [1.807, 2.05) is 12.1 Å². The quantitative estimate of drug-likeness (QED) is 0.611. The van der Waals surface area contributed by atoms with E-state index in [1.54, 1.807) is 6.08 Å². The summed E-state index contributed by atoms with van der Waals surface area (Å²) in [7, 11) is 0. The Labute approximate surface area is 106 Å². The Morgan fingerprint density at radius 2 is 2.31 bits per heavy atom. The van der Waals surface area contributed by atoms with Gasteiger partial charge in [0, 0.05) is 16.6 Å². The van der Waals surface area contributed by atoms with E-state index >= 15 is 0 Å². The highest BCUT2D eigenvalue weighted by Gasteiger charge is 2.03. The highest BCUT2D eigenvalue weighted by atomic mass is 79.9. The van der Waals surface area contributed by atoms with Gasteiger partial charge in [-0.3, -0.25) is 0 Å². The smallest absolute Gasteiger partial charge is 0.124 e. The lowest BCUT2D eigenvalue weighted by atomic mass is 10.2. The normalized spacial score (nSPS) is 10.1. The fraction of sp³-hybridized carbons (Fsp3) is 0.385. The first-order chi connectivity index (χ1) is 7.77. The highest BCUT2D eigenvalue weighted by Crippen LogP contribution is 2.23. The summed E-state index contributed by atoms with van der Waals surface area (Å²) < 4.78 is 6.67. The number of rotatable bonds is 7. The maximum Gasteiger partial charge on any atom is 0.124 e. The van der Waals surface area contributed by atoms with Gasteiger partial charge in [-0.05, 0) is 31.2 Å². The summed E-state index contributed by atoms with van der Waals surface area (Å²) in [4.78, 5) is 0. The number of nitrogens with one attached hydrogen (secondary N) is 1. The second kappa shape index (κ2) is 7.47. The summed E-state index contributed by atoms with van der Waals surface area (Å²) in [5, 5.41) is 3.37. The topological polar surface area (TPSA) is 21.3 Å². The number of hydrogen-bond acceptors (Lipinski definition) is 2. The second-order valence-electron chi connectivity index (χ2n) is 3.53. The Morgan fingerprint density at radius 1 is 1.50 bits per heavy atom. The van der Waals surface area contributed by atoms with Crippen LogP contribution in [0.2, 0.25) is 0 Å². The Balaban J connectivity index is 2.68. The molecule has 0 aliphatic heterocycles. The van der Waals surface area contributed by atoms with Crippen LogP contribution in [0.4, 0.5) is 0 Å². The van der Waals surface area contributed by atoms with Crippen molar-refractivity contribution >= 4 is 15.9 Å². The van der Waals surface area contributed by atoms with Crippen molar-refractivity contribution in [2.45, 2.75) is 19.9 Å².